The van der Waals surface area contributed by atoms with Gasteiger partial charge in [-0.05, 0) is 46.9 Å². The minimum absolute atomic E-state index is 0.919. The fourth-order valence-corrected chi connectivity index (χ4v) is 2.29. The van der Waals surface area contributed by atoms with Crippen LogP contribution in [0.4, 0.5) is 0 Å². The van der Waals surface area contributed by atoms with Crippen LogP contribution in [0.2, 0.25) is 0 Å². The van der Waals surface area contributed by atoms with Crippen LogP contribution in [0.1, 0.15) is 0 Å². The van der Waals surface area contributed by atoms with Crippen LogP contribution in [0.3, 0.4) is 0 Å². The number of para-hydroxylation sites is 2. The maximum absolute atomic E-state index is 4.19. The standard InChI is InChI=1S/C12H8IN3/c13-9-5-1-3-7-11(9)16-12-8-4-2-6-10(12)14-15-16/h1-8H. The van der Waals surface area contributed by atoms with E-state index in [4.69, 9.17) is 0 Å². The van der Waals surface area contributed by atoms with Crippen molar-refractivity contribution >= 4 is 33.6 Å². The summed E-state index contributed by atoms with van der Waals surface area (Å²) >= 11 is 2.31. The highest BCUT2D eigenvalue weighted by molar-refractivity contribution is 14.1. The van der Waals surface area contributed by atoms with Gasteiger partial charge in [-0.25, -0.2) is 4.68 Å². The Bertz CT molecular complexity index is 645. The van der Waals surface area contributed by atoms with E-state index in [1.54, 1.807) is 0 Å². The van der Waals surface area contributed by atoms with Crippen molar-refractivity contribution in [1.29, 1.82) is 0 Å². The van der Waals surface area contributed by atoms with E-state index >= 15 is 0 Å². The molecular formula is C12H8IN3. The average Bonchev–Trinajstić information content (AvgIpc) is 2.74. The van der Waals surface area contributed by atoms with Gasteiger partial charge in [-0.15, -0.1) is 5.10 Å². The van der Waals surface area contributed by atoms with Crippen molar-refractivity contribution in [2.45, 2.75) is 0 Å². The zero-order valence-corrected chi connectivity index (χ0v) is 10.5. The fraction of sp³-hybridized carbons (Fsp3) is 0. The normalized spacial score (nSPS) is 10.8. The minimum Gasteiger partial charge on any atom is -0.212 e. The summed E-state index contributed by atoms with van der Waals surface area (Å²) in [7, 11) is 0. The van der Waals surface area contributed by atoms with E-state index in [1.807, 2.05) is 47.1 Å². The minimum atomic E-state index is 0.919. The van der Waals surface area contributed by atoms with Crippen molar-refractivity contribution in [3.63, 3.8) is 0 Å². The first-order chi connectivity index (χ1) is 7.86. The summed E-state index contributed by atoms with van der Waals surface area (Å²) in [6.07, 6.45) is 0. The molecule has 4 heteroatoms. The third-order valence-electron chi connectivity index (χ3n) is 2.43. The molecule has 0 aliphatic rings. The maximum atomic E-state index is 4.19. The molecule has 0 saturated heterocycles. The van der Waals surface area contributed by atoms with E-state index in [0.717, 1.165) is 20.3 Å². The highest BCUT2D eigenvalue weighted by Gasteiger charge is 2.07. The molecule has 0 aliphatic heterocycles. The second-order valence-electron chi connectivity index (χ2n) is 3.44. The van der Waals surface area contributed by atoms with E-state index in [9.17, 15) is 0 Å². The molecule has 0 fully saturated rings. The lowest BCUT2D eigenvalue weighted by atomic mass is 10.3. The Labute approximate surface area is 106 Å². The van der Waals surface area contributed by atoms with Crippen LogP contribution in [-0.4, -0.2) is 15.0 Å². The Morgan fingerprint density at radius 2 is 1.69 bits per heavy atom. The van der Waals surface area contributed by atoms with E-state index in [1.165, 1.54) is 0 Å². The summed E-state index contributed by atoms with van der Waals surface area (Å²) in [5.41, 5.74) is 3.02. The highest BCUT2D eigenvalue weighted by Crippen LogP contribution is 2.20. The molecule has 3 rings (SSSR count). The van der Waals surface area contributed by atoms with Gasteiger partial charge in [-0.1, -0.05) is 29.5 Å². The first-order valence-corrected chi connectivity index (χ1v) is 5.99. The Morgan fingerprint density at radius 1 is 0.938 bits per heavy atom. The van der Waals surface area contributed by atoms with Crippen LogP contribution < -0.4 is 0 Å². The summed E-state index contributed by atoms with van der Waals surface area (Å²) in [5, 5.41) is 8.33. The van der Waals surface area contributed by atoms with Crippen LogP contribution in [0.15, 0.2) is 48.5 Å². The fourth-order valence-electron chi connectivity index (χ4n) is 1.67. The predicted molar refractivity (Wildman–Crippen MR) is 71.6 cm³/mol. The van der Waals surface area contributed by atoms with Gasteiger partial charge < -0.3 is 0 Å². The van der Waals surface area contributed by atoms with Gasteiger partial charge in [0.05, 0.1) is 11.2 Å². The van der Waals surface area contributed by atoms with Gasteiger partial charge in [-0.2, -0.15) is 0 Å². The summed E-state index contributed by atoms with van der Waals surface area (Å²) < 4.78 is 3.03. The average molecular weight is 321 g/mol. The predicted octanol–water partition coefficient (Wildman–Crippen LogP) is 3.03. The first kappa shape index (κ1) is 9.77. The third-order valence-corrected chi connectivity index (χ3v) is 3.34. The van der Waals surface area contributed by atoms with Crippen LogP contribution in [-0.2, 0) is 0 Å². The zero-order chi connectivity index (χ0) is 11.0. The lowest BCUT2D eigenvalue weighted by Gasteiger charge is -2.03. The van der Waals surface area contributed by atoms with Crippen molar-refractivity contribution in [1.82, 2.24) is 15.0 Å². The maximum Gasteiger partial charge on any atom is 0.113 e. The summed E-state index contributed by atoms with van der Waals surface area (Å²) in [6.45, 7) is 0. The molecule has 0 spiro atoms. The number of rotatable bonds is 1. The Kier molecular flexibility index (Phi) is 2.36. The SMILES string of the molecule is Ic1ccccc1-n1nnc2ccccc21. The quantitative estimate of drug-likeness (QED) is 0.645. The number of fused-ring (bicyclic) bond motifs is 1. The lowest BCUT2D eigenvalue weighted by molar-refractivity contribution is 0.821. The van der Waals surface area contributed by atoms with Gasteiger partial charge in [0.2, 0.25) is 0 Å². The summed E-state index contributed by atoms with van der Waals surface area (Å²) in [6, 6.07) is 16.1. The van der Waals surface area contributed by atoms with Crippen molar-refractivity contribution < 1.29 is 0 Å². The van der Waals surface area contributed by atoms with Gasteiger partial charge in [0.15, 0.2) is 0 Å². The molecule has 0 N–H and O–H groups in total. The monoisotopic (exact) mass is 321 g/mol. The molecule has 2 aromatic carbocycles. The Morgan fingerprint density at radius 3 is 2.56 bits per heavy atom. The van der Waals surface area contributed by atoms with Crippen LogP contribution >= 0.6 is 22.6 Å². The van der Waals surface area contributed by atoms with E-state index in [0.29, 0.717) is 0 Å². The first-order valence-electron chi connectivity index (χ1n) is 4.91. The molecule has 1 aromatic heterocycles. The molecule has 78 valence electrons. The number of aromatic nitrogens is 3. The third kappa shape index (κ3) is 1.49. The molecule has 3 aromatic rings. The molecular weight excluding hydrogens is 313 g/mol. The largest absolute Gasteiger partial charge is 0.212 e. The summed E-state index contributed by atoms with van der Waals surface area (Å²) in [4.78, 5) is 0. The van der Waals surface area contributed by atoms with E-state index in [2.05, 4.69) is 39.0 Å². The summed E-state index contributed by atoms with van der Waals surface area (Å²) in [5.74, 6) is 0. The van der Waals surface area contributed by atoms with E-state index < -0.39 is 0 Å². The van der Waals surface area contributed by atoms with Crippen molar-refractivity contribution in [2.75, 3.05) is 0 Å². The molecule has 0 unspecified atom stereocenters. The number of hydrogen-bond acceptors (Lipinski definition) is 2. The van der Waals surface area contributed by atoms with Crippen molar-refractivity contribution in [2.24, 2.45) is 0 Å². The van der Waals surface area contributed by atoms with E-state index in [-0.39, 0.29) is 0 Å². The molecule has 0 atom stereocenters. The zero-order valence-electron chi connectivity index (χ0n) is 8.34. The van der Waals surface area contributed by atoms with Crippen LogP contribution in [0.5, 0.6) is 0 Å². The topological polar surface area (TPSA) is 30.7 Å². The number of nitrogens with zero attached hydrogens (tertiary/aromatic N) is 3. The Hall–Kier alpha value is -1.43. The molecule has 3 nitrogen and oxygen atoms in total. The Balaban J connectivity index is 2.31. The van der Waals surface area contributed by atoms with Gasteiger partial charge in [0.25, 0.3) is 0 Å². The molecule has 0 bridgehead atoms. The van der Waals surface area contributed by atoms with Gasteiger partial charge in [-0.3, -0.25) is 0 Å². The molecule has 16 heavy (non-hydrogen) atoms. The van der Waals surface area contributed by atoms with Crippen molar-refractivity contribution in [3.05, 3.63) is 52.1 Å². The van der Waals surface area contributed by atoms with Crippen molar-refractivity contribution in [3.8, 4) is 5.69 Å². The van der Waals surface area contributed by atoms with Gasteiger partial charge in [0, 0.05) is 3.57 Å². The number of benzene rings is 2. The van der Waals surface area contributed by atoms with Gasteiger partial charge >= 0.3 is 0 Å². The number of halogens is 1. The second-order valence-corrected chi connectivity index (χ2v) is 4.60. The second kappa shape index (κ2) is 3.86. The highest BCUT2D eigenvalue weighted by atomic mass is 127. The lowest BCUT2D eigenvalue weighted by Crippen LogP contribution is -1.98. The number of hydrogen-bond donors (Lipinski definition) is 0. The van der Waals surface area contributed by atoms with Gasteiger partial charge in [0.1, 0.15) is 5.52 Å². The van der Waals surface area contributed by atoms with Crippen LogP contribution in [0.25, 0.3) is 16.7 Å². The molecule has 0 saturated carbocycles. The van der Waals surface area contributed by atoms with Crippen LogP contribution in [0, 0.1) is 3.57 Å². The molecule has 1 heterocycles. The molecule has 0 amide bonds. The molecule has 0 aliphatic carbocycles. The smallest absolute Gasteiger partial charge is 0.113 e. The molecule has 0 radical (unpaired) electrons.